The van der Waals surface area contributed by atoms with Crippen LogP contribution in [0.5, 0.6) is 0 Å². The smallest absolute Gasteiger partial charge is 0.316 e. The summed E-state index contributed by atoms with van der Waals surface area (Å²) in [5.41, 5.74) is -1.15. The molecule has 0 spiro atoms. The number of oxime groups is 1. The normalized spacial score (nSPS) is 12.0. The number of hydrogen-bond donors (Lipinski definition) is 2. The highest BCUT2D eigenvalue weighted by molar-refractivity contribution is 6.31. The van der Waals surface area contributed by atoms with Crippen molar-refractivity contribution in [3.8, 4) is 0 Å². The minimum Gasteiger partial charge on any atom is -0.465 e. The van der Waals surface area contributed by atoms with Crippen LogP contribution in [0.4, 0.5) is 23.2 Å². The Hall–Kier alpha value is -2.65. The van der Waals surface area contributed by atoms with Crippen molar-refractivity contribution in [2.24, 2.45) is 5.16 Å². The van der Waals surface area contributed by atoms with E-state index in [1.807, 2.05) is 0 Å². The lowest BCUT2D eigenvalue weighted by molar-refractivity contribution is -0.151. The van der Waals surface area contributed by atoms with Crippen LogP contribution in [0.15, 0.2) is 29.4 Å². The van der Waals surface area contributed by atoms with E-state index in [9.17, 15) is 27.2 Å². The molecule has 1 aromatic carbocycles. The molecular weight excluding hydrogens is 384 g/mol. The summed E-state index contributed by atoms with van der Waals surface area (Å²) in [4.78, 5) is 24.0. The zero-order valence-electron chi connectivity index (χ0n) is 15.2. The average Bonchev–Trinajstić information content (AvgIpc) is 2.63. The van der Waals surface area contributed by atoms with Gasteiger partial charge in [-0.25, -0.2) is 17.6 Å². The molecule has 0 aromatic heterocycles. The summed E-state index contributed by atoms with van der Waals surface area (Å²) in [7, 11) is 0. The van der Waals surface area contributed by atoms with E-state index in [2.05, 4.69) is 10.5 Å². The number of alkyl halides is 4. The van der Waals surface area contributed by atoms with Gasteiger partial charge in [0.05, 0.1) is 12.0 Å². The second-order valence-electron chi connectivity index (χ2n) is 5.97. The Kier molecular flexibility index (Phi) is 9.40. The Bertz CT molecular complexity index is 654. The number of halogens is 4. The predicted octanol–water partition coefficient (Wildman–Crippen LogP) is 3.98. The van der Waals surface area contributed by atoms with Gasteiger partial charge in [-0.3, -0.25) is 9.59 Å². The van der Waals surface area contributed by atoms with Crippen molar-refractivity contribution >= 4 is 23.8 Å². The molecule has 0 aliphatic rings. The highest BCUT2D eigenvalue weighted by Gasteiger charge is 2.42. The van der Waals surface area contributed by atoms with Gasteiger partial charge >= 0.3 is 5.97 Å². The SMILES string of the molecule is CCOC(=O)C(CCC(F)F)(CCC(F)F)c1ccc(NC(=O)/C=N/O)cc1. The zero-order valence-corrected chi connectivity index (χ0v) is 15.2. The molecule has 28 heavy (non-hydrogen) atoms. The third-order valence-electron chi connectivity index (χ3n) is 4.12. The van der Waals surface area contributed by atoms with Crippen LogP contribution in [-0.4, -0.2) is 42.8 Å². The van der Waals surface area contributed by atoms with Crippen LogP contribution in [0.1, 0.15) is 38.2 Å². The lowest BCUT2D eigenvalue weighted by Gasteiger charge is -2.32. The number of hydrogen-bond acceptors (Lipinski definition) is 5. The lowest BCUT2D eigenvalue weighted by atomic mass is 9.73. The number of rotatable bonds is 11. The van der Waals surface area contributed by atoms with Gasteiger partial charge in [-0.15, -0.1) is 0 Å². The lowest BCUT2D eigenvalue weighted by Crippen LogP contribution is -2.38. The molecule has 2 N–H and O–H groups in total. The largest absolute Gasteiger partial charge is 0.465 e. The summed E-state index contributed by atoms with van der Waals surface area (Å²) >= 11 is 0. The Labute approximate surface area is 159 Å². The van der Waals surface area contributed by atoms with Crippen molar-refractivity contribution in [1.82, 2.24) is 0 Å². The molecule has 0 heterocycles. The van der Waals surface area contributed by atoms with Crippen LogP contribution in [0.3, 0.4) is 0 Å². The van der Waals surface area contributed by atoms with Crippen LogP contribution in [0.2, 0.25) is 0 Å². The second kappa shape index (κ2) is 11.3. The first-order valence-electron chi connectivity index (χ1n) is 8.57. The van der Waals surface area contributed by atoms with Crippen LogP contribution >= 0.6 is 0 Å². The molecule has 6 nitrogen and oxygen atoms in total. The molecule has 10 heteroatoms. The number of amides is 1. The molecule has 1 aromatic rings. The molecule has 0 saturated carbocycles. The van der Waals surface area contributed by atoms with Crippen LogP contribution in [-0.2, 0) is 19.7 Å². The van der Waals surface area contributed by atoms with E-state index in [1.165, 1.54) is 31.2 Å². The molecule has 0 bridgehead atoms. The third kappa shape index (κ3) is 6.82. The standard InChI is InChI=1S/C18H22F4N2O4/c1-2-28-17(26)18(9-7-14(19)20,10-8-15(21)22)12-3-5-13(6-4-12)24-16(25)11-23-27/h3-6,11,14-15,27H,2,7-10H2,1H3,(H,24,25)/b23-11+. The van der Waals surface area contributed by atoms with Gasteiger partial charge < -0.3 is 15.3 Å². The van der Waals surface area contributed by atoms with Crippen molar-refractivity contribution < 1.29 is 37.1 Å². The number of anilines is 1. The first-order valence-corrected chi connectivity index (χ1v) is 8.57. The maximum absolute atomic E-state index is 12.8. The third-order valence-corrected chi connectivity index (χ3v) is 4.12. The molecule has 0 aliphatic carbocycles. The maximum Gasteiger partial charge on any atom is 0.316 e. The molecule has 1 rings (SSSR count). The van der Waals surface area contributed by atoms with E-state index in [0.29, 0.717) is 6.21 Å². The summed E-state index contributed by atoms with van der Waals surface area (Å²) in [6, 6.07) is 5.55. The fraction of sp³-hybridized carbons (Fsp3) is 0.500. The summed E-state index contributed by atoms with van der Waals surface area (Å²) in [5, 5.41) is 13.3. The van der Waals surface area contributed by atoms with E-state index in [0.717, 1.165) is 0 Å². The zero-order chi connectivity index (χ0) is 21.2. The first kappa shape index (κ1) is 23.4. The van der Waals surface area contributed by atoms with Gasteiger partial charge in [0.1, 0.15) is 6.21 Å². The second-order valence-corrected chi connectivity index (χ2v) is 5.97. The van der Waals surface area contributed by atoms with Gasteiger partial charge in [0.15, 0.2) is 0 Å². The van der Waals surface area contributed by atoms with Crippen LogP contribution < -0.4 is 5.32 Å². The molecule has 1 amide bonds. The summed E-state index contributed by atoms with van der Waals surface area (Å²) in [6.07, 6.45) is -6.84. The van der Waals surface area contributed by atoms with Crippen LogP contribution in [0.25, 0.3) is 0 Å². The molecule has 0 saturated heterocycles. The Morgan fingerprint density at radius 3 is 2.11 bits per heavy atom. The van der Waals surface area contributed by atoms with Crippen molar-refractivity contribution in [3.05, 3.63) is 29.8 Å². The predicted molar refractivity (Wildman–Crippen MR) is 94.1 cm³/mol. The number of benzene rings is 1. The van der Waals surface area contributed by atoms with E-state index in [4.69, 9.17) is 9.94 Å². The summed E-state index contributed by atoms with van der Waals surface area (Å²) in [5.74, 6) is -1.57. The van der Waals surface area contributed by atoms with Gasteiger partial charge in [-0.05, 0) is 37.5 Å². The fourth-order valence-corrected chi connectivity index (χ4v) is 2.82. The monoisotopic (exact) mass is 406 g/mol. The van der Waals surface area contributed by atoms with Crippen molar-refractivity contribution in [2.45, 2.75) is 50.9 Å². The fourth-order valence-electron chi connectivity index (χ4n) is 2.82. The molecule has 0 fully saturated rings. The highest BCUT2D eigenvalue weighted by atomic mass is 19.3. The van der Waals surface area contributed by atoms with Gasteiger partial charge in [-0.1, -0.05) is 17.3 Å². The van der Waals surface area contributed by atoms with Crippen LogP contribution in [0, 0.1) is 0 Å². The van der Waals surface area contributed by atoms with Gasteiger partial charge in [-0.2, -0.15) is 0 Å². The Morgan fingerprint density at radius 1 is 1.14 bits per heavy atom. The van der Waals surface area contributed by atoms with Gasteiger partial charge in [0.25, 0.3) is 5.91 Å². The van der Waals surface area contributed by atoms with Crippen molar-refractivity contribution in [2.75, 3.05) is 11.9 Å². The van der Waals surface area contributed by atoms with E-state index >= 15 is 0 Å². The van der Waals surface area contributed by atoms with Crippen molar-refractivity contribution in [3.63, 3.8) is 0 Å². The van der Waals surface area contributed by atoms with Crippen molar-refractivity contribution in [1.29, 1.82) is 0 Å². The molecule has 0 radical (unpaired) electrons. The average molecular weight is 406 g/mol. The summed E-state index contributed by atoms with van der Waals surface area (Å²) in [6.45, 7) is 1.50. The highest BCUT2D eigenvalue weighted by Crippen LogP contribution is 2.38. The number of carbonyl (C=O) groups is 2. The molecule has 0 aliphatic heterocycles. The quantitative estimate of drug-likeness (QED) is 0.191. The number of esters is 1. The summed E-state index contributed by atoms with van der Waals surface area (Å²) < 4.78 is 56.3. The van der Waals surface area contributed by atoms with E-state index in [1.54, 1.807) is 0 Å². The minimum atomic E-state index is -2.71. The number of ether oxygens (including phenoxy) is 1. The molecule has 0 unspecified atom stereocenters. The maximum atomic E-state index is 12.8. The first-order chi connectivity index (χ1) is 13.2. The number of nitrogens with one attached hydrogen (secondary N) is 1. The van der Waals surface area contributed by atoms with E-state index < -0.39 is 43.0 Å². The Balaban J connectivity index is 3.25. The van der Waals surface area contributed by atoms with Gasteiger partial charge in [0.2, 0.25) is 12.9 Å². The van der Waals surface area contributed by atoms with E-state index in [-0.39, 0.29) is 30.7 Å². The van der Waals surface area contributed by atoms with Gasteiger partial charge in [0, 0.05) is 18.5 Å². The topological polar surface area (TPSA) is 88.0 Å². The minimum absolute atomic E-state index is 0.0292. The molecule has 156 valence electrons. The number of nitrogens with zero attached hydrogens (tertiary/aromatic N) is 1. The molecule has 0 atom stereocenters. The molecular formula is C18H22F4N2O4. The number of carbonyl (C=O) groups excluding carboxylic acids is 2. The Morgan fingerprint density at radius 2 is 1.68 bits per heavy atom.